The molecule has 6 heteroatoms. The molecule has 1 aliphatic rings. The molecule has 0 unspecified atom stereocenters. The number of rotatable bonds is 3. The van der Waals surface area contributed by atoms with Crippen molar-refractivity contribution in [3.63, 3.8) is 0 Å². The molecule has 1 aromatic carbocycles. The minimum atomic E-state index is -0.326. The summed E-state index contributed by atoms with van der Waals surface area (Å²) in [6, 6.07) is 7.13. The Kier molecular flexibility index (Phi) is 3.90. The van der Waals surface area contributed by atoms with E-state index >= 15 is 0 Å². The molecule has 0 saturated carbocycles. The van der Waals surface area contributed by atoms with E-state index in [9.17, 15) is 9.59 Å². The van der Waals surface area contributed by atoms with Crippen molar-refractivity contribution in [3.8, 4) is 0 Å². The van der Waals surface area contributed by atoms with Crippen molar-refractivity contribution in [2.24, 2.45) is 0 Å². The molecule has 21 heavy (non-hydrogen) atoms. The van der Waals surface area contributed by atoms with Crippen LogP contribution in [0.5, 0.6) is 0 Å². The van der Waals surface area contributed by atoms with Crippen molar-refractivity contribution in [3.05, 3.63) is 45.1 Å². The average Bonchev–Trinajstić information content (AvgIpc) is 2.49. The number of nitrogens with one attached hydrogen (secondary N) is 1. The minimum absolute atomic E-state index is 0.205. The summed E-state index contributed by atoms with van der Waals surface area (Å²) >= 11 is 0. The third kappa shape index (κ3) is 2.91. The molecule has 0 atom stereocenters. The van der Waals surface area contributed by atoms with Crippen molar-refractivity contribution in [2.75, 3.05) is 39.8 Å². The molecular formula is C15H20N4O2. The lowest BCUT2D eigenvalue weighted by Gasteiger charge is -2.32. The van der Waals surface area contributed by atoms with E-state index in [2.05, 4.69) is 21.8 Å². The Morgan fingerprint density at radius 2 is 1.76 bits per heavy atom. The largest absolute Gasteiger partial charge is 0.328 e. The Labute approximate surface area is 122 Å². The van der Waals surface area contributed by atoms with Crippen molar-refractivity contribution in [1.82, 2.24) is 19.4 Å². The van der Waals surface area contributed by atoms with E-state index in [-0.39, 0.29) is 11.2 Å². The lowest BCUT2D eigenvalue weighted by atomic mass is 10.2. The summed E-state index contributed by atoms with van der Waals surface area (Å²) in [6.07, 6.45) is 0. The summed E-state index contributed by atoms with van der Waals surface area (Å²) in [5, 5.41) is 0.565. The van der Waals surface area contributed by atoms with E-state index < -0.39 is 0 Å². The first kappa shape index (κ1) is 14.0. The number of hydrogen-bond acceptors (Lipinski definition) is 4. The molecule has 0 bridgehead atoms. The lowest BCUT2D eigenvalue weighted by Crippen LogP contribution is -2.47. The molecule has 1 aliphatic heterocycles. The van der Waals surface area contributed by atoms with Gasteiger partial charge in [0.05, 0.1) is 10.9 Å². The maximum Gasteiger partial charge on any atom is 0.328 e. The van der Waals surface area contributed by atoms with Gasteiger partial charge in [0.15, 0.2) is 0 Å². The fourth-order valence-electron chi connectivity index (χ4n) is 2.71. The van der Waals surface area contributed by atoms with Crippen LogP contribution >= 0.6 is 0 Å². The van der Waals surface area contributed by atoms with E-state index in [1.165, 1.54) is 4.57 Å². The fourth-order valence-corrected chi connectivity index (χ4v) is 2.71. The Morgan fingerprint density at radius 3 is 2.52 bits per heavy atom. The number of para-hydroxylation sites is 1. The Bertz CT molecular complexity index is 741. The molecule has 1 saturated heterocycles. The van der Waals surface area contributed by atoms with Gasteiger partial charge in [-0.15, -0.1) is 0 Å². The van der Waals surface area contributed by atoms with Crippen LogP contribution in [0.25, 0.3) is 10.9 Å². The molecule has 6 nitrogen and oxygen atoms in total. The molecule has 1 N–H and O–H groups in total. The van der Waals surface area contributed by atoms with Gasteiger partial charge < -0.3 is 9.88 Å². The molecule has 3 rings (SSSR count). The molecule has 2 aromatic rings. The van der Waals surface area contributed by atoms with Gasteiger partial charge in [-0.1, -0.05) is 12.1 Å². The van der Waals surface area contributed by atoms with E-state index in [0.717, 1.165) is 32.7 Å². The number of likely N-dealkylation sites (N-methyl/N-ethyl adjacent to an activating group) is 1. The Morgan fingerprint density at radius 1 is 1.05 bits per heavy atom. The fraction of sp³-hybridized carbons (Fsp3) is 0.467. The van der Waals surface area contributed by atoms with Crippen LogP contribution in [0.1, 0.15) is 0 Å². The number of aromatic amines is 1. The number of aromatic nitrogens is 2. The van der Waals surface area contributed by atoms with E-state index in [1.54, 1.807) is 12.1 Å². The zero-order valence-corrected chi connectivity index (χ0v) is 12.2. The standard InChI is InChI=1S/C15H20N4O2/c1-17-6-8-18(9-7-17)10-11-19-14(20)12-4-2-3-5-13(12)16-15(19)21/h2-5H,6-11H2,1H3,(H,16,21). The normalized spacial score (nSPS) is 17.4. The van der Waals surface area contributed by atoms with Gasteiger partial charge in [0.2, 0.25) is 0 Å². The second-order valence-corrected chi connectivity index (χ2v) is 5.58. The van der Waals surface area contributed by atoms with Gasteiger partial charge >= 0.3 is 5.69 Å². The van der Waals surface area contributed by atoms with Crippen LogP contribution in [0.15, 0.2) is 33.9 Å². The quantitative estimate of drug-likeness (QED) is 0.859. The number of benzene rings is 1. The third-order valence-electron chi connectivity index (χ3n) is 4.13. The maximum absolute atomic E-state index is 12.4. The first-order valence-corrected chi connectivity index (χ1v) is 7.28. The highest BCUT2D eigenvalue weighted by atomic mass is 16.2. The van der Waals surface area contributed by atoms with Crippen molar-refractivity contribution in [1.29, 1.82) is 0 Å². The number of hydrogen-bond donors (Lipinski definition) is 1. The molecule has 1 aromatic heterocycles. The van der Waals surface area contributed by atoms with Crippen LogP contribution < -0.4 is 11.2 Å². The molecule has 0 aliphatic carbocycles. The van der Waals surface area contributed by atoms with Gasteiger partial charge in [0.1, 0.15) is 0 Å². The summed E-state index contributed by atoms with van der Waals surface area (Å²) in [6.45, 7) is 5.19. The summed E-state index contributed by atoms with van der Waals surface area (Å²) in [7, 11) is 2.11. The average molecular weight is 288 g/mol. The summed E-state index contributed by atoms with van der Waals surface area (Å²) in [5.41, 5.74) is 0.0691. The Hall–Kier alpha value is -1.92. The molecular weight excluding hydrogens is 268 g/mol. The Balaban J connectivity index is 1.81. The molecule has 2 heterocycles. The van der Waals surface area contributed by atoms with Crippen LogP contribution in [0, 0.1) is 0 Å². The van der Waals surface area contributed by atoms with Crippen molar-refractivity contribution >= 4 is 10.9 Å². The predicted molar refractivity (Wildman–Crippen MR) is 82.8 cm³/mol. The monoisotopic (exact) mass is 288 g/mol. The summed E-state index contributed by atoms with van der Waals surface area (Å²) in [5.74, 6) is 0. The zero-order chi connectivity index (χ0) is 14.8. The smallest absolute Gasteiger partial charge is 0.307 e. The highest BCUT2D eigenvalue weighted by molar-refractivity contribution is 5.76. The van der Waals surface area contributed by atoms with Crippen LogP contribution in [0.4, 0.5) is 0 Å². The van der Waals surface area contributed by atoms with E-state index in [1.807, 2.05) is 12.1 Å². The second kappa shape index (κ2) is 5.83. The van der Waals surface area contributed by atoms with Gasteiger partial charge in [0, 0.05) is 39.3 Å². The van der Waals surface area contributed by atoms with Crippen LogP contribution in [0.2, 0.25) is 0 Å². The molecule has 112 valence electrons. The SMILES string of the molecule is CN1CCN(CCn2c(=O)[nH]c3ccccc3c2=O)CC1. The van der Waals surface area contributed by atoms with Gasteiger partial charge in [-0.05, 0) is 19.2 Å². The summed E-state index contributed by atoms with van der Waals surface area (Å²) < 4.78 is 1.31. The number of H-pyrrole nitrogens is 1. The molecule has 0 amide bonds. The summed E-state index contributed by atoms with van der Waals surface area (Å²) in [4.78, 5) is 31.8. The minimum Gasteiger partial charge on any atom is -0.307 e. The number of piperazine rings is 1. The zero-order valence-electron chi connectivity index (χ0n) is 12.2. The second-order valence-electron chi connectivity index (χ2n) is 5.58. The van der Waals surface area contributed by atoms with Crippen molar-refractivity contribution in [2.45, 2.75) is 6.54 Å². The topological polar surface area (TPSA) is 61.3 Å². The highest BCUT2D eigenvalue weighted by Gasteiger charge is 2.14. The van der Waals surface area contributed by atoms with Gasteiger partial charge in [-0.2, -0.15) is 0 Å². The highest BCUT2D eigenvalue weighted by Crippen LogP contribution is 2.03. The molecule has 0 spiro atoms. The molecule has 0 radical (unpaired) electrons. The van der Waals surface area contributed by atoms with Crippen LogP contribution in [-0.4, -0.2) is 59.1 Å². The van der Waals surface area contributed by atoms with Gasteiger partial charge in [-0.25, -0.2) is 4.79 Å². The molecule has 1 fully saturated rings. The van der Waals surface area contributed by atoms with Crippen LogP contribution in [0.3, 0.4) is 0 Å². The predicted octanol–water partition coefficient (Wildman–Crippen LogP) is -0.0628. The first-order chi connectivity index (χ1) is 10.1. The third-order valence-corrected chi connectivity index (χ3v) is 4.13. The van der Waals surface area contributed by atoms with Gasteiger partial charge in [0.25, 0.3) is 5.56 Å². The van der Waals surface area contributed by atoms with E-state index in [4.69, 9.17) is 0 Å². The van der Waals surface area contributed by atoms with Gasteiger partial charge in [-0.3, -0.25) is 14.3 Å². The number of nitrogens with zero attached hydrogens (tertiary/aromatic N) is 3. The lowest BCUT2D eigenvalue weighted by molar-refractivity contribution is 0.149. The maximum atomic E-state index is 12.4. The van der Waals surface area contributed by atoms with Crippen molar-refractivity contribution < 1.29 is 0 Å². The van der Waals surface area contributed by atoms with E-state index in [0.29, 0.717) is 17.4 Å². The van der Waals surface area contributed by atoms with Crippen LogP contribution in [-0.2, 0) is 6.54 Å². The first-order valence-electron chi connectivity index (χ1n) is 7.28. The number of fused-ring (bicyclic) bond motifs is 1.